The van der Waals surface area contributed by atoms with Gasteiger partial charge in [0.15, 0.2) is 9.84 Å². The molecule has 2 heterocycles. The van der Waals surface area contributed by atoms with Crippen LogP contribution in [0.25, 0.3) is 0 Å². The van der Waals surface area contributed by atoms with E-state index in [0.717, 1.165) is 6.42 Å². The van der Waals surface area contributed by atoms with Crippen LogP contribution in [0.5, 0.6) is 0 Å². The van der Waals surface area contributed by atoms with Crippen molar-refractivity contribution in [3.63, 3.8) is 0 Å². The lowest BCUT2D eigenvalue weighted by Gasteiger charge is -2.32. The van der Waals surface area contributed by atoms with Crippen molar-refractivity contribution in [2.45, 2.75) is 37.2 Å². The van der Waals surface area contributed by atoms with E-state index in [1.165, 1.54) is 0 Å². The summed E-state index contributed by atoms with van der Waals surface area (Å²) in [4.78, 5) is 13.8. The van der Waals surface area contributed by atoms with E-state index in [1.807, 2.05) is 0 Å². The number of carbonyl (C=O) groups excluding carboxylic acids is 1. The summed E-state index contributed by atoms with van der Waals surface area (Å²) in [5, 5.41) is -0.484. The zero-order valence-corrected chi connectivity index (χ0v) is 12.6. The van der Waals surface area contributed by atoms with Crippen LogP contribution in [0.4, 0.5) is 0 Å². The number of amides is 1. The van der Waals surface area contributed by atoms with Crippen molar-refractivity contribution in [3.05, 3.63) is 0 Å². The Morgan fingerprint density at radius 1 is 1.42 bits per heavy atom. The van der Waals surface area contributed by atoms with Gasteiger partial charge in [0.2, 0.25) is 0 Å². The minimum atomic E-state index is -3.02. The van der Waals surface area contributed by atoms with Crippen LogP contribution in [0.1, 0.15) is 19.8 Å². The van der Waals surface area contributed by atoms with E-state index < -0.39 is 21.2 Å². The van der Waals surface area contributed by atoms with Gasteiger partial charge in [-0.15, -0.1) is 12.4 Å². The zero-order valence-electron chi connectivity index (χ0n) is 10.9. The van der Waals surface area contributed by atoms with Crippen molar-refractivity contribution in [1.29, 1.82) is 0 Å². The topological polar surface area (TPSA) is 89.7 Å². The van der Waals surface area contributed by atoms with E-state index >= 15 is 0 Å². The third-order valence-corrected chi connectivity index (χ3v) is 5.82. The van der Waals surface area contributed by atoms with Crippen molar-refractivity contribution < 1.29 is 17.9 Å². The summed E-state index contributed by atoms with van der Waals surface area (Å²) in [7, 11) is -3.02. The van der Waals surface area contributed by atoms with Gasteiger partial charge in [-0.25, -0.2) is 8.42 Å². The Balaban J connectivity index is 0.00000180. The number of rotatable bonds is 2. The highest BCUT2D eigenvalue weighted by Crippen LogP contribution is 2.22. The molecule has 2 N–H and O–H groups in total. The highest BCUT2D eigenvalue weighted by atomic mass is 35.5. The van der Waals surface area contributed by atoms with Gasteiger partial charge < -0.3 is 15.4 Å². The Morgan fingerprint density at radius 2 is 2.11 bits per heavy atom. The second-order valence-corrected chi connectivity index (χ2v) is 7.56. The maximum Gasteiger partial charge on any atom is 0.251 e. The van der Waals surface area contributed by atoms with Gasteiger partial charge in [-0.05, 0) is 19.8 Å². The Bertz CT molecular complexity index is 428. The molecule has 2 aliphatic heterocycles. The predicted molar refractivity (Wildman–Crippen MR) is 74.0 cm³/mol. The lowest BCUT2D eigenvalue weighted by Crippen LogP contribution is -2.51. The van der Waals surface area contributed by atoms with E-state index in [1.54, 1.807) is 11.8 Å². The highest BCUT2D eigenvalue weighted by Gasteiger charge is 2.37. The first-order chi connectivity index (χ1) is 8.44. The molecule has 2 fully saturated rings. The third kappa shape index (κ3) is 3.59. The van der Waals surface area contributed by atoms with Crippen LogP contribution in [0.3, 0.4) is 0 Å². The smallest absolute Gasteiger partial charge is 0.251 e. The minimum Gasteiger partial charge on any atom is -0.364 e. The van der Waals surface area contributed by atoms with Gasteiger partial charge in [0, 0.05) is 19.6 Å². The molecule has 1 unspecified atom stereocenters. The second-order valence-electron chi connectivity index (χ2n) is 5.02. The molecule has 8 heteroatoms. The maximum absolute atomic E-state index is 12.2. The summed E-state index contributed by atoms with van der Waals surface area (Å²) in [6.45, 7) is 2.62. The molecule has 1 amide bonds. The van der Waals surface area contributed by atoms with Crippen LogP contribution >= 0.6 is 12.4 Å². The summed E-state index contributed by atoms with van der Waals surface area (Å²) in [5.41, 5.74) is 5.50. The van der Waals surface area contributed by atoms with Gasteiger partial charge in [-0.2, -0.15) is 0 Å². The molecule has 0 aliphatic carbocycles. The predicted octanol–water partition coefficient (Wildman–Crippen LogP) is -0.440. The highest BCUT2D eigenvalue weighted by molar-refractivity contribution is 7.92. The van der Waals surface area contributed by atoms with Gasteiger partial charge in [-0.1, -0.05) is 0 Å². The molecule has 0 aromatic heterocycles. The average molecular weight is 313 g/mol. The fraction of sp³-hybridized carbons (Fsp3) is 0.909. The summed E-state index contributed by atoms with van der Waals surface area (Å²) in [5.74, 6) is -0.0415. The molecule has 0 spiro atoms. The average Bonchev–Trinajstić information content (AvgIpc) is 2.80. The summed E-state index contributed by atoms with van der Waals surface area (Å²) >= 11 is 0. The molecule has 0 aromatic carbocycles. The molecule has 0 saturated carbocycles. The number of nitrogens with two attached hydrogens (primary N) is 1. The van der Waals surface area contributed by atoms with Gasteiger partial charge in [0.1, 0.15) is 6.10 Å². The van der Waals surface area contributed by atoms with Crippen molar-refractivity contribution in [2.24, 2.45) is 5.73 Å². The molecule has 0 bridgehead atoms. The fourth-order valence-corrected chi connectivity index (χ4v) is 3.70. The van der Waals surface area contributed by atoms with Gasteiger partial charge in [0.25, 0.3) is 5.91 Å². The maximum atomic E-state index is 12.2. The molecular weight excluding hydrogens is 292 g/mol. The molecule has 6 nitrogen and oxygen atoms in total. The summed E-state index contributed by atoms with van der Waals surface area (Å²) < 4.78 is 28.7. The van der Waals surface area contributed by atoms with Gasteiger partial charge in [0.05, 0.1) is 17.1 Å². The van der Waals surface area contributed by atoms with Crippen molar-refractivity contribution in [1.82, 2.24) is 4.90 Å². The second kappa shape index (κ2) is 6.39. The Labute approximate surface area is 120 Å². The standard InChI is InChI=1S/C11H20N2O4S.ClH/c1-8-7-13(4-5-18(8,15)16)11(14)10-3-2-9(6-12)17-10;/h8-10H,2-7,12H2,1H3;1H/t8?,9-,10+;/m1./s1. The van der Waals surface area contributed by atoms with Crippen LogP contribution in [-0.4, -0.2) is 62.1 Å². The number of nitrogens with zero attached hydrogens (tertiary/aromatic N) is 1. The minimum absolute atomic E-state index is 0. The SMILES string of the molecule is CC1CN(C(=O)[C@@H]2CC[C@H](CN)O2)CCS1(=O)=O.Cl. The number of carbonyl (C=O) groups is 1. The Kier molecular flexibility index (Phi) is 5.61. The molecule has 19 heavy (non-hydrogen) atoms. The molecule has 112 valence electrons. The van der Waals surface area contributed by atoms with Crippen LogP contribution < -0.4 is 5.73 Å². The molecule has 2 rings (SSSR count). The molecular formula is C11H21ClN2O4S. The monoisotopic (exact) mass is 312 g/mol. The van der Waals surface area contributed by atoms with E-state index in [9.17, 15) is 13.2 Å². The van der Waals surface area contributed by atoms with Crippen LogP contribution in [0, 0.1) is 0 Å². The number of halogens is 1. The van der Waals surface area contributed by atoms with Crippen molar-refractivity contribution in [2.75, 3.05) is 25.4 Å². The number of hydrogen-bond acceptors (Lipinski definition) is 5. The fourth-order valence-electron chi connectivity index (χ4n) is 2.42. The van der Waals surface area contributed by atoms with Crippen LogP contribution in [-0.2, 0) is 19.4 Å². The Hall–Kier alpha value is -0.370. The molecule has 0 radical (unpaired) electrons. The first-order valence-electron chi connectivity index (χ1n) is 6.30. The van der Waals surface area contributed by atoms with Crippen molar-refractivity contribution in [3.8, 4) is 0 Å². The van der Waals surface area contributed by atoms with Crippen molar-refractivity contribution >= 4 is 28.2 Å². The van der Waals surface area contributed by atoms with E-state index in [0.29, 0.717) is 13.0 Å². The first-order valence-corrected chi connectivity index (χ1v) is 8.01. The van der Waals surface area contributed by atoms with E-state index in [4.69, 9.17) is 10.5 Å². The Morgan fingerprint density at radius 3 is 2.63 bits per heavy atom. The number of hydrogen-bond donors (Lipinski definition) is 1. The molecule has 0 aromatic rings. The lowest BCUT2D eigenvalue weighted by molar-refractivity contribution is -0.142. The van der Waals surface area contributed by atoms with E-state index in [2.05, 4.69) is 0 Å². The van der Waals surface area contributed by atoms with Gasteiger partial charge >= 0.3 is 0 Å². The lowest BCUT2D eigenvalue weighted by atomic mass is 10.1. The van der Waals surface area contributed by atoms with Crippen LogP contribution in [0.2, 0.25) is 0 Å². The summed E-state index contributed by atoms with van der Waals surface area (Å²) in [6, 6.07) is 0. The molecule has 2 saturated heterocycles. The molecule has 2 aliphatic rings. The normalized spacial score (nSPS) is 33.8. The largest absolute Gasteiger partial charge is 0.364 e. The number of ether oxygens (including phenoxy) is 1. The van der Waals surface area contributed by atoms with Gasteiger partial charge in [-0.3, -0.25) is 4.79 Å². The molecule has 3 atom stereocenters. The first kappa shape index (κ1) is 16.7. The van der Waals surface area contributed by atoms with E-state index in [-0.39, 0.29) is 43.3 Å². The quantitative estimate of drug-likeness (QED) is 0.746. The number of sulfone groups is 1. The third-order valence-electron chi connectivity index (χ3n) is 3.69. The summed E-state index contributed by atoms with van der Waals surface area (Å²) in [6.07, 6.45) is 1.00. The zero-order chi connectivity index (χ0) is 13.3. The van der Waals surface area contributed by atoms with Crippen LogP contribution in [0.15, 0.2) is 0 Å².